The van der Waals surface area contributed by atoms with Crippen molar-refractivity contribution in [2.24, 2.45) is 0 Å². The summed E-state index contributed by atoms with van der Waals surface area (Å²) in [6.07, 6.45) is 17.9. The molecule has 13 heteroatoms. The van der Waals surface area contributed by atoms with Crippen LogP contribution in [0.5, 0.6) is 0 Å². The topological polar surface area (TPSA) is 17.1 Å². The molecule has 0 fully saturated rings. The maximum absolute atomic E-state index is 11.5. The van der Waals surface area contributed by atoms with Gasteiger partial charge in [-0.1, -0.05) is 170 Å². The van der Waals surface area contributed by atoms with Crippen LogP contribution in [-0.4, -0.2) is 17.3 Å². The third kappa shape index (κ3) is 8.62. The van der Waals surface area contributed by atoms with Crippen LogP contribution >= 0.6 is 141 Å². The molecule has 224 valence electrons. The summed E-state index contributed by atoms with van der Waals surface area (Å²) in [5, 5.41) is 0. The predicted molar refractivity (Wildman–Crippen MR) is 215 cm³/mol. The summed E-state index contributed by atoms with van der Waals surface area (Å²) in [6.45, 7) is 4.59. The zero-order valence-corrected chi connectivity index (χ0v) is 33.0. The summed E-state index contributed by atoms with van der Waals surface area (Å²) in [4.78, 5) is 11.5. The summed E-state index contributed by atoms with van der Waals surface area (Å²) in [5.41, 5.74) is 1.15. The van der Waals surface area contributed by atoms with E-state index in [-0.39, 0.29) is 5.78 Å². The predicted octanol–water partition coefficient (Wildman–Crippen LogP) is 14.6. The minimum absolute atomic E-state index is 0.0737. The fourth-order valence-corrected chi connectivity index (χ4v) is 23.3. The van der Waals surface area contributed by atoms with E-state index in [2.05, 4.69) is 37.4 Å². The van der Waals surface area contributed by atoms with Crippen LogP contribution in [0.1, 0.15) is 65.2 Å². The second-order valence-electron chi connectivity index (χ2n) is 9.53. The van der Waals surface area contributed by atoms with Crippen molar-refractivity contribution >= 4 is 147 Å². The Morgan fingerprint density at radius 1 is 0.452 bits per heavy atom. The zero-order valence-electron chi connectivity index (χ0n) is 23.2. The van der Waals surface area contributed by atoms with E-state index >= 15 is 0 Å². The second-order valence-corrected chi connectivity index (χ2v) is 24.8. The highest BCUT2D eigenvalue weighted by Gasteiger charge is 2.39. The molecule has 6 rings (SSSR count). The summed E-state index contributed by atoms with van der Waals surface area (Å²) >= 11 is 23.9. The van der Waals surface area contributed by atoms with Gasteiger partial charge >= 0.3 is 0 Å². The summed E-state index contributed by atoms with van der Waals surface area (Å²) < 4.78 is 16.0. The van der Waals surface area contributed by atoms with Crippen LogP contribution in [0.3, 0.4) is 0 Å². The Bertz CT molecular complexity index is 1290. The van der Waals surface area contributed by atoms with E-state index in [9.17, 15) is 4.79 Å². The highest BCUT2D eigenvalue weighted by molar-refractivity contribution is 8.52. The lowest BCUT2D eigenvalue weighted by atomic mass is 10.1. The van der Waals surface area contributed by atoms with Gasteiger partial charge in [0, 0.05) is 0 Å². The highest BCUT2D eigenvalue weighted by Crippen LogP contribution is 2.75. The van der Waals surface area contributed by atoms with Crippen molar-refractivity contribution in [2.75, 3.05) is 11.5 Å². The van der Waals surface area contributed by atoms with Crippen LogP contribution in [0.15, 0.2) is 76.5 Å². The number of allylic oxidation sites excluding steroid dienone is 5. The molecule has 6 aliphatic rings. The van der Waals surface area contributed by atoms with Gasteiger partial charge in [-0.05, 0) is 54.2 Å². The minimum Gasteiger partial charge on any atom is -0.290 e. The SMILES string of the molecule is CCCCCCSC1=C(SCCCCCC)SC(=C2SC3=C(S2)SC(=C2SC4=C(SC(=C5C=CC(=O)C=C5)S4)S2)S3)S1. The monoisotopic (exact) mass is 778 g/mol. The molecule has 42 heavy (non-hydrogen) atoms. The van der Waals surface area contributed by atoms with Crippen molar-refractivity contribution in [3.05, 3.63) is 76.5 Å². The molecule has 0 aromatic rings. The van der Waals surface area contributed by atoms with Gasteiger partial charge in [-0.25, -0.2) is 0 Å². The van der Waals surface area contributed by atoms with Gasteiger partial charge in [-0.15, -0.1) is 23.5 Å². The lowest BCUT2D eigenvalue weighted by Crippen LogP contribution is -1.92. The smallest absolute Gasteiger partial charge is 0.178 e. The molecule has 0 atom stereocenters. The maximum Gasteiger partial charge on any atom is 0.178 e. The van der Waals surface area contributed by atoms with Gasteiger partial charge in [0.1, 0.15) is 0 Å². The molecule has 0 aromatic carbocycles. The molecule has 1 aliphatic carbocycles. The van der Waals surface area contributed by atoms with Crippen molar-refractivity contribution < 1.29 is 4.79 Å². The quantitative estimate of drug-likeness (QED) is 0.175. The van der Waals surface area contributed by atoms with Crippen LogP contribution < -0.4 is 0 Å². The van der Waals surface area contributed by atoms with Crippen molar-refractivity contribution in [3.8, 4) is 0 Å². The Morgan fingerprint density at radius 2 is 0.810 bits per heavy atom. The molecule has 0 unspecified atom stereocenters. The Labute approximate surface area is 301 Å². The first kappa shape index (κ1) is 33.7. The highest BCUT2D eigenvalue weighted by atomic mass is 32.3. The van der Waals surface area contributed by atoms with E-state index in [1.807, 2.05) is 130 Å². The summed E-state index contributed by atoms with van der Waals surface area (Å²) in [6, 6.07) is 0. The number of ketones is 1. The molecular formula is C29H30OS12. The number of carbonyl (C=O) groups is 1. The standard InChI is InChI=1S/C29H30OS12/c1-3-5-7-9-15-31-20-21(32-16-10-8-6-4-2)36-24(35-20)25-39-28-29(40-25)42-27(41-28)26-37-22-23(38-26)34-19(33-22)17-11-13-18(30)14-12-17/h11-14H,3-10,15-16H2,1-2H3. The van der Waals surface area contributed by atoms with Crippen molar-refractivity contribution in [1.82, 2.24) is 0 Å². The minimum atomic E-state index is 0.0737. The second kappa shape index (κ2) is 16.8. The number of hydrogen-bond donors (Lipinski definition) is 0. The van der Waals surface area contributed by atoms with Gasteiger partial charge in [0.05, 0.1) is 46.6 Å². The van der Waals surface area contributed by atoms with Gasteiger partial charge in [0.15, 0.2) is 5.78 Å². The van der Waals surface area contributed by atoms with Crippen molar-refractivity contribution in [3.63, 3.8) is 0 Å². The summed E-state index contributed by atoms with van der Waals surface area (Å²) in [7, 11) is 0. The normalized spacial score (nSPS) is 22.0. The third-order valence-corrected chi connectivity index (χ3v) is 24.3. The van der Waals surface area contributed by atoms with Crippen LogP contribution in [0.2, 0.25) is 0 Å². The van der Waals surface area contributed by atoms with Crippen LogP contribution in [-0.2, 0) is 4.79 Å². The van der Waals surface area contributed by atoms with Gasteiger partial charge in [0.25, 0.3) is 0 Å². The Balaban J connectivity index is 1.03. The first-order chi connectivity index (χ1) is 20.6. The molecular weight excluding hydrogens is 749 g/mol. The average Bonchev–Trinajstić information content (AvgIpc) is 3.79. The van der Waals surface area contributed by atoms with E-state index in [1.165, 1.54) is 101 Å². The Kier molecular flexibility index (Phi) is 13.4. The van der Waals surface area contributed by atoms with E-state index in [4.69, 9.17) is 0 Å². The van der Waals surface area contributed by atoms with Gasteiger partial charge in [-0.2, -0.15) is 0 Å². The maximum atomic E-state index is 11.5. The molecule has 0 saturated heterocycles. The van der Waals surface area contributed by atoms with Gasteiger partial charge < -0.3 is 0 Å². The molecule has 0 N–H and O–H groups in total. The lowest BCUT2D eigenvalue weighted by Gasteiger charge is -2.09. The molecule has 0 spiro atoms. The first-order valence-corrected chi connectivity index (χ1v) is 24.1. The number of hydrogen-bond acceptors (Lipinski definition) is 13. The largest absolute Gasteiger partial charge is 0.290 e. The van der Waals surface area contributed by atoms with Crippen molar-refractivity contribution in [1.29, 1.82) is 0 Å². The zero-order chi connectivity index (χ0) is 28.9. The van der Waals surface area contributed by atoms with Crippen LogP contribution in [0, 0.1) is 0 Å². The molecule has 5 heterocycles. The van der Waals surface area contributed by atoms with E-state index < -0.39 is 0 Å². The number of carbonyl (C=O) groups excluding carboxylic acids is 1. The Hall–Kier alpha value is 1.79. The number of rotatable bonds is 12. The molecule has 0 aromatic heterocycles. The molecule has 0 bridgehead atoms. The molecule has 5 aliphatic heterocycles. The number of thioether (sulfide) groups is 12. The van der Waals surface area contributed by atoms with Gasteiger partial charge in [-0.3, -0.25) is 4.79 Å². The van der Waals surface area contributed by atoms with Gasteiger partial charge in [0.2, 0.25) is 0 Å². The fourth-order valence-electron chi connectivity index (χ4n) is 4.05. The molecule has 0 saturated carbocycles. The molecule has 1 nitrogen and oxygen atoms in total. The first-order valence-electron chi connectivity index (χ1n) is 14.0. The van der Waals surface area contributed by atoms with Crippen LogP contribution in [0.25, 0.3) is 0 Å². The molecule has 0 radical (unpaired) electrons. The number of unbranched alkanes of at least 4 members (excludes halogenated alkanes) is 6. The van der Waals surface area contributed by atoms with Crippen LogP contribution in [0.4, 0.5) is 0 Å². The van der Waals surface area contributed by atoms with Crippen molar-refractivity contribution in [2.45, 2.75) is 65.2 Å². The Morgan fingerprint density at radius 3 is 1.19 bits per heavy atom. The third-order valence-electron chi connectivity index (χ3n) is 6.24. The molecule has 0 amide bonds. The van der Waals surface area contributed by atoms with E-state index in [0.717, 1.165) is 5.57 Å². The summed E-state index contributed by atoms with van der Waals surface area (Å²) in [5.74, 6) is 2.57. The fraction of sp³-hybridized carbons (Fsp3) is 0.414. The van der Waals surface area contributed by atoms with E-state index in [0.29, 0.717) is 0 Å². The average molecular weight is 779 g/mol. The lowest BCUT2D eigenvalue weighted by molar-refractivity contribution is -0.110. The van der Waals surface area contributed by atoms with E-state index in [1.54, 1.807) is 20.6 Å².